The molecule has 0 saturated heterocycles. The van der Waals surface area contributed by atoms with Gasteiger partial charge in [0, 0.05) is 13.1 Å². The number of carbonyl (C=O) groups is 5. The fraction of sp³-hybridized carbons (Fsp3) is 0.720. The highest BCUT2D eigenvalue weighted by Gasteiger charge is 2.30. The summed E-state index contributed by atoms with van der Waals surface area (Å²) in [6, 6.07) is -4.14. The van der Waals surface area contributed by atoms with Gasteiger partial charge in [0.2, 0.25) is 23.6 Å². The third-order valence-electron chi connectivity index (χ3n) is 5.97. The monoisotopic (exact) mass is 599 g/mol. The normalized spacial score (nSPS) is 13.7. The molecule has 0 spiro atoms. The van der Waals surface area contributed by atoms with Gasteiger partial charge in [0.05, 0.1) is 12.6 Å². The van der Waals surface area contributed by atoms with E-state index < -0.39 is 60.3 Å². The highest BCUT2D eigenvalue weighted by Crippen LogP contribution is 2.08. The summed E-state index contributed by atoms with van der Waals surface area (Å²) in [4.78, 5) is 62.6. The first-order valence-corrected chi connectivity index (χ1v) is 13.9. The summed E-state index contributed by atoms with van der Waals surface area (Å²) in [5, 5.41) is 38.9. The van der Waals surface area contributed by atoms with Crippen molar-refractivity contribution < 1.29 is 29.1 Å². The van der Waals surface area contributed by atoms with Crippen LogP contribution in [0.3, 0.4) is 0 Å². The lowest BCUT2D eigenvalue weighted by molar-refractivity contribution is -0.142. The molecule has 15 N–H and O–H groups in total. The number of amides is 4. The fourth-order valence-electron chi connectivity index (χ4n) is 3.79. The summed E-state index contributed by atoms with van der Waals surface area (Å²) in [6.07, 6.45) is 1.21. The van der Waals surface area contributed by atoms with Crippen LogP contribution in [-0.2, 0) is 24.0 Å². The second kappa shape index (κ2) is 19.8. The Labute approximate surface area is 246 Å². The molecule has 4 amide bonds. The maximum atomic E-state index is 13.2. The van der Waals surface area contributed by atoms with E-state index in [2.05, 4.69) is 31.9 Å². The van der Waals surface area contributed by atoms with Gasteiger partial charge in [-0.2, -0.15) is 0 Å². The van der Waals surface area contributed by atoms with Crippen LogP contribution in [0.4, 0.5) is 0 Å². The van der Waals surface area contributed by atoms with Crippen LogP contribution >= 0.6 is 0 Å². The Kier molecular flexibility index (Phi) is 17.9. The van der Waals surface area contributed by atoms with Crippen LogP contribution in [0.5, 0.6) is 0 Å². The number of nitrogens with two attached hydrogens (primary N) is 3. The van der Waals surface area contributed by atoms with Crippen molar-refractivity contribution >= 4 is 41.5 Å². The molecule has 0 fully saturated rings. The van der Waals surface area contributed by atoms with Crippen molar-refractivity contribution in [1.29, 1.82) is 10.8 Å². The quantitative estimate of drug-likeness (QED) is 0.0385. The Hall–Kier alpha value is -4.15. The number of hydrogen-bond donors (Lipinski definition) is 12. The molecular weight excluding hydrogens is 550 g/mol. The number of carboxylic acid groups (broad SMARTS) is 1. The van der Waals surface area contributed by atoms with Crippen LogP contribution in [0.15, 0.2) is 0 Å². The molecule has 42 heavy (non-hydrogen) atoms. The highest BCUT2D eigenvalue weighted by atomic mass is 16.4. The molecule has 0 saturated carbocycles. The second-order valence-corrected chi connectivity index (χ2v) is 10.7. The third-order valence-corrected chi connectivity index (χ3v) is 5.97. The molecule has 0 aromatic heterocycles. The molecule has 0 aliphatic carbocycles. The summed E-state index contributed by atoms with van der Waals surface area (Å²) in [5.41, 5.74) is 16.4. The Morgan fingerprint density at radius 2 is 1.26 bits per heavy atom. The van der Waals surface area contributed by atoms with E-state index in [0.29, 0.717) is 19.3 Å². The van der Waals surface area contributed by atoms with E-state index in [1.807, 2.05) is 13.8 Å². The van der Waals surface area contributed by atoms with Crippen LogP contribution in [0, 0.1) is 22.7 Å². The molecule has 17 heteroatoms. The summed E-state index contributed by atoms with van der Waals surface area (Å²) < 4.78 is 0. The Balaban J connectivity index is 5.35. The van der Waals surface area contributed by atoms with Crippen LogP contribution in [0.1, 0.15) is 59.8 Å². The first-order chi connectivity index (χ1) is 19.5. The molecule has 0 aromatic carbocycles. The maximum absolute atomic E-state index is 13.2. The predicted octanol–water partition coefficient (Wildman–Crippen LogP) is -2.80. The number of carbonyl (C=O) groups excluding carboxylic acids is 4. The van der Waals surface area contributed by atoms with Crippen molar-refractivity contribution in [1.82, 2.24) is 31.9 Å². The van der Waals surface area contributed by atoms with Gasteiger partial charge in [-0.1, -0.05) is 27.7 Å². The molecule has 240 valence electrons. The van der Waals surface area contributed by atoms with Crippen molar-refractivity contribution in [2.24, 2.45) is 29.0 Å². The lowest BCUT2D eigenvalue weighted by Gasteiger charge is -2.26. The average Bonchev–Trinajstić information content (AvgIpc) is 2.87. The Morgan fingerprint density at radius 3 is 1.71 bits per heavy atom. The SMILES string of the molecule is CC(C)C[C@H](N)C(=O)N[C@H](C(=O)N[C@@H](CCCNC(=N)N)C(=O)NCC(=O)N[C@@H](CCCNC(=N)N)C(=O)O)C(C)C. The minimum Gasteiger partial charge on any atom is -0.480 e. The molecule has 0 heterocycles. The second-order valence-electron chi connectivity index (χ2n) is 10.7. The maximum Gasteiger partial charge on any atom is 0.326 e. The topological polar surface area (TPSA) is 304 Å². The van der Waals surface area contributed by atoms with Crippen molar-refractivity contribution in [3.63, 3.8) is 0 Å². The highest BCUT2D eigenvalue weighted by molar-refractivity contribution is 5.94. The van der Waals surface area contributed by atoms with Crippen molar-refractivity contribution in [3.05, 3.63) is 0 Å². The molecule has 17 nitrogen and oxygen atoms in total. The molecule has 0 aliphatic heterocycles. The summed E-state index contributed by atoms with van der Waals surface area (Å²) in [7, 11) is 0. The van der Waals surface area contributed by atoms with Gasteiger partial charge in [-0.05, 0) is 43.9 Å². The van der Waals surface area contributed by atoms with Crippen molar-refractivity contribution in [3.8, 4) is 0 Å². The van der Waals surface area contributed by atoms with Gasteiger partial charge in [0.1, 0.15) is 18.1 Å². The smallest absolute Gasteiger partial charge is 0.326 e. The van der Waals surface area contributed by atoms with E-state index in [-0.39, 0.29) is 49.7 Å². The molecular formula is C25H49N11O6. The fourth-order valence-corrected chi connectivity index (χ4v) is 3.79. The largest absolute Gasteiger partial charge is 0.480 e. The number of guanidine groups is 2. The van der Waals surface area contributed by atoms with E-state index >= 15 is 0 Å². The van der Waals surface area contributed by atoms with Gasteiger partial charge >= 0.3 is 5.97 Å². The number of hydrogen-bond acceptors (Lipinski definition) is 8. The van der Waals surface area contributed by atoms with E-state index in [1.165, 1.54) is 0 Å². The first kappa shape index (κ1) is 37.9. The predicted molar refractivity (Wildman–Crippen MR) is 157 cm³/mol. The van der Waals surface area contributed by atoms with Crippen LogP contribution in [-0.4, -0.2) is 90.4 Å². The minimum atomic E-state index is -1.27. The molecule has 0 rings (SSSR count). The molecule has 0 unspecified atom stereocenters. The molecule has 0 aliphatic rings. The Morgan fingerprint density at radius 1 is 0.738 bits per heavy atom. The van der Waals surface area contributed by atoms with Crippen LogP contribution < -0.4 is 49.1 Å². The number of carboxylic acids is 1. The molecule has 0 aromatic rings. The lowest BCUT2D eigenvalue weighted by Crippen LogP contribution is -2.58. The summed E-state index contributed by atoms with van der Waals surface area (Å²) in [5.74, 6) is -4.54. The van der Waals surface area contributed by atoms with Gasteiger partial charge in [-0.3, -0.25) is 30.0 Å². The number of nitrogens with one attached hydrogen (secondary N) is 8. The van der Waals surface area contributed by atoms with Crippen molar-refractivity contribution in [2.45, 2.75) is 84.0 Å². The van der Waals surface area contributed by atoms with E-state index in [0.717, 1.165) is 0 Å². The van der Waals surface area contributed by atoms with Gasteiger partial charge < -0.3 is 54.2 Å². The third kappa shape index (κ3) is 16.8. The molecule has 4 atom stereocenters. The zero-order valence-corrected chi connectivity index (χ0v) is 24.8. The lowest BCUT2D eigenvalue weighted by atomic mass is 10.00. The van der Waals surface area contributed by atoms with E-state index in [1.54, 1.807) is 13.8 Å². The molecule has 0 bridgehead atoms. The summed E-state index contributed by atoms with van der Waals surface area (Å²) in [6.45, 7) is 7.21. The van der Waals surface area contributed by atoms with E-state index in [9.17, 15) is 29.1 Å². The number of aliphatic carboxylic acids is 1. The molecule has 0 radical (unpaired) electrons. The van der Waals surface area contributed by atoms with Crippen LogP contribution in [0.25, 0.3) is 0 Å². The zero-order valence-electron chi connectivity index (χ0n) is 24.8. The van der Waals surface area contributed by atoms with E-state index in [4.69, 9.17) is 28.0 Å². The first-order valence-electron chi connectivity index (χ1n) is 13.9. The van der Waals surface area contributed by atoms with Gasteiger partial charge in [-0.25, -0.2) is 4.79 Å². The Bertz CT molecular complexity index is 944. The summed E-state index contributed by atoms with van der Waals surface area (Å²) >= 11 is 0. The van der Waals surface area contributed by atoms with Crippen LogP contribution in [0.2, 0.25) is 0 Å². The standard InChI is InChI=1S/C25H49N11O6/c1-13(2)11-15(26)20(38)36-19(14(3)4)22(40)35-16(7-5-9-31-24(27)28)21(39)33-12-18(37)34-17(23(41)42)8-6-10-32-25(29)30/h13-17,19H,5-12,26H2,1-4H3,(H,33,39)(H,34,37)(H,35,40)(H,36,38)(H,41,42)(H4,27,28,31)(H4,29,30,32)/t15-,16-,17-,19-/m0/s1. The zero-order chi connectivity index (χ0) is 32.4. The average molecular weight is 600 g/mol. The minimum absolute atomic E-state index is 0.0558. The van der Waals surface area contributed by atoms with Gasteiger partial charge in [0.25, 0.3) is 0 Å². The van der Waals surface area contributed by atoms with Gasteiger partial charge in [0.15, 0.2) is 11.9 Å². The van der Waals surface area contributed by atoms with Gasteiger partial charge in [-0.15, -0.1) is 0 Å². The van der Waals surface area contributed by atoms with Crippen molar-refractivity contribution in [2.75, 3.05) is 19.6 Å². The number of rotatable bonds is 20.